The Morgan fingerprint density at radius 2 is 1.91 bits per heavy atom. The molecule has 3 atom stereocenters. The molecule has 2 aliphatic heterocycles. The Labute approximate surface area is 135 Å². The van der Waals surface area contributed by atoms with E-state index in [-0.39, 0.29) is 28.9 Å². The Bertz CT molecular complexity index is 693. The van der Waals surface area contributed by atoms with Crippen molar-refractivity contribution in [3.05, 3.63) is 30.1 Å². The van der Waals surface area contributed by atoms with Crippen molar-refractivity contribution in [3.63, 3.8) is 0 Å². The summed E-state index contributed by atoms with van der Waals surface area (Å²) in [6.45, 7) is 1.48. The average molecular weight is 340 g/mol. The summed E-state index contributed by atoms with van der Waals surface area (Å²) in [5.41, 5.74) is 0. The second-order valence-electron chi connectivity index (χ2n) is 6.40. The van der Waals surface area contributed by atoms with Crippen LogP contribution in [0, 0.1) is 5.82 Å². The number of rotatable bonds is 3. The van der Waals surface area contributed by atoms with Gasteiger partial charge < -0.3 is 5.32 Å². The highest BCUT2D eigenvalue weighted by Gasteiger charge is 2.45. The molecule has 0 aromatic heterocycles. The van der Waals surface area contributed by atoms with Gasteiger partial charge in [0.05, 0.1) is 4.90 Å². The van der Waals surface area contributed by atoms with Gasteiger partial charge in [-0.05, 0) is 43.9 Å². The number of sulfonamides is 1. The quantitative estimate of drug-likeness (QED) is 0.916. The largest absolute Gasteiger partial charge is 0.353 e. The number of hydrogen-bond acceptors (Lipinski definition) is 3. The lowest BCUT2D eigenvalue weighted by atomic mass is 9.84. The molecule has 2 heterocycles. The number of benzene rings is 1. The van der Waals surface area contributed by atoms with Gasteiger partial charge in [-0.25, -0.2) is 12.8 Å². The zero-order valence-corrected chi connectivity index (χ0v) is 13.9. The van der Waals surface area contributed by atoms with Crippen molar-refractivity contribution in [2.75, 3.05) is 0 Å². The molecular weight excluding hydrogens is 319 g/mol. The normalized spacial score (nSPS) is 28.3. The maximum Gasteiger partial charge on any atom is 0.243 e. The lowest BCUT2D eigenvalue weighted by molar-refractivity contribution is -0.120. The molecule has 0 spiro atoms. The SMILES string of the molecule is CC(=O)NC1C[C@H]2CCC[C@@H](C1)N2S(=O)(=O)c1cccc(F)c1. The van der Waals surface area contributed by atoms with E-state index >= 15 is 0 Å². The first-order chi connectivity index (χ1) is 10.9. The van der Waals surface area contributed by atoms with Crippen LogP contribution in [0.1, 0.15) is 39.0 Å². The summed E-state index contributed by atoms with van der Waals surface area (Å²) >= 11 is 0. The first kappa shape index (κ1) is 16.4. The van der Waals surface area contributed by atoms with Gasteiger partial charge in [-0.15, -0.1) is 0 Å². The van der Waals surface area contributed by atoms with Gasteiger partial charge in [0.15, 0.2) is 0 Å². The van der Waals surface area contributed by atoms with Crippen LogP contribution in [-0.2, 0) is 14.8 Å². The number of halogens is 1. The molecule has 0 radical (unpaired) electrons. The minimum atomic E-state index is -3.72. The Morgan fingerprint density at radius 1 is 1.26 bits per heavy atom. The number of nitrogens with zero attached hydrogens (tertiary/aromatic N) is 1. The Morgan fingerprint density at radius 3 is 2.48 bits per heavy atom. The van der Waals surface area contributed by atoms with Gasteiger partial charge in [0.2, 0.25) is 15.9 Å². The van der Waals surface area contributed by atoms with Crippen molar-refractivity contribution >= 4 is 15.9 Å². The second-order valence-corrected chi connectivity index (χ2v) is 8.24. The Hall–Kier alpha value is -1.47. The summed E-state index contributed by atoms with van der Waals surface area (Å²) in [5.74, 6) is -0.640. The number of amides is 1. The number of hydrogen-bond donors (Lipinski definition) is 1. The van der Waals surface area contributed by atoms with Crippen LogP contribution in [0.4, 0.5) is 4.39 Å². The van der Waals surface area contributed by atoms with Crippen LogP contribution in [0.5, 0.6) is 0 Å². The van der Waals surface area contributed by atoms with Crippen molar-refractivity contribution in [2.24, 2.45) is 0 Å². The van der Waals surface area contributed by atoms with Gasteiger partial charge in [-0.1, -0.05) is 12.5 Å². The van der Waals surface area contributed by atoms with Gasteiger partial charge in [-0.3, -0.25) is 4.79 Å². The molecule has 126 valence electrons. The standard InChI is InChI=1S/C16H21FN2O3S/c1-11(20)18-13-9-14-5-3-6-15(10-13)19(14)23(21,22)16-7-2-4-12(17)8-16/h2,4,7-8,13-15H,3,5-6,9-10H2,1H3,(H,18,20)/t13?,14-,15+. The molecule has 0 saturated carbocycles. The van der Waals surface area contributed by atoms with Crippen LogP contribution in [0.25, 0.3) is 0 Å². The molecule has 1 amide bonds. The number of nitrogens with one attached hydrogen (secondary N) is 1. The lowest BCUT2D eigenvalue weighted by Gasteiger charge is -2.47. The molecular formula is C16H21FN2O3S. The molecule has 1 unspecified atom stereocenters. The molecule has 3 rings (SSSR count). The summed E-state index contributed by atoms with van der Waals surface area (Å²) in [6.07, 6.45) is 3.77. The number of carbonyl (C=O) groups is 1. The average Bonchev–Trinajstić information content (AvgIpc) is 2.45. The summed E-state index contributed by atoms with van der Waals surface area (Å²) in [6, 6.07) is 4.92. The summed E-state index contributed by atoms with van der Waals surface area (Å²) in [7, 11) is -3.72. The van der Waals surface area contributed by atoms with Gasteiger partial charge in [0, 0.05) is 25.0 Å². The zero-order chi connectivity index (χ0) is 16.6. The first-order valence-corrected chi connectivity index (χ1v) is 9.38. The summed E-state index contributed by atoms with van der Waals surface area (Å²) < 4.78 is 40.9. The summed E-state index contributed by atoms with van der Waals surface area (Å²) in [5, 5.41) is 2.91. The van der Waals surface area contributed by atoms with Crippen molar-refractivity contribution in [1.29, 1.82) is 0 Å². The highest BCUT2D eigenvalue weighted by atomic mass is 32.2. The van der Waals surface area contributed by atoms with Crippen LogP contribution < -0.4 is 5.32 Å². The Balaban J connectivity index is 1.89. The van der Waals surface area contributed by atoms with E-state index in [4.69, 9.17) is 0 Å². The van der Waals surface area contributed by atoms with Gasteiger partial charge in [0.1, 0.15) is 5.82 Å². The molecule has 7 heteroatoms. The maximum absolute atomic E-state index is 13.4. The van der Waals surface area contributed by atoms with Crippen molar-refractivity contribution in [1.82, 2.24) is 9.62 Å². The molecule has 2 bridgehead atoms. The van der Waals surface area contributed by atoms with Crippen LogP contribution in [0.2, 0.25) is 0 Å². The fourth-order valence-corrected chi connectivity index (χ4v) is 5.81. The maximum atomic E-state index is 13.4. The molecule has 2 fully saturated rings. The zero-order valence-electron chi connectivity index (χ0n) is 13.0. The van der Waals surface area contributed by atoms with Gasteiger partial charge >= 0.3 is 0 Å². The van der Waals surface area contributed by atoms with E-state index in [1.807, 2.05) is 0 Å². The van der Waals surface area contributed by atoms with Crippen molar-refractivity contribution < 1.29 is 17.6 Å². The highest BCUT2D eigenvalue weighted by molar-refractivity contribution is 7.89. The fourth-order valence-electron chi connectivity index (χ4n) is 3.89. The third-order valence-electron chi connectivity index (χ3n) is 4.69. The molecule has 0 aliphatic carbocycles. The minimum absolute atomic E-state index is 0.00683. The molecule has 23 heavy (non-hydrogen) atoms. The topological polar surface area (TPSA) is 66.5 Å². The third-order valence-corrected chi connectivity index (χ3v) is 6.69. The van der Waals surface area contributed by atoms with Crippen LogP contribution in [0.3, 0.4) is 0 Å². The number of piperidine rings is 2. The number of carbonyl (C=O) groups excluding carboxylic acids is 1. The van der Waals surface area contributed by atoms with E-state index in [9.17, 15) is 17.6 Å². The summed E-state index contributed by atoms with van der Waals surface area (Å²) in [4.78, 5) is 11.3. The first-order valence-electron chi connectivity index (χ1n) is 7.94. The molecule has 2 aliphatic rings. The van der Waals surface area contributed by atoms with E-state index in [1.165, 1.54) is 25.1 Å². The third kappa shape index (κ3) is 3.26. The van der Waals surface area contributed by atoms with Gasteiger partial charge in [0.25, 0.3) is 0 Å². The fraction of sp³-hybridized carbons (Fsp3) is 0.562. The van der Waals surface area contributed by atoms with Crippen molar-refractivity contribution in [2.45, 2.75) is 62.0 Å². The van der Waals surface area contributed by atoms with Crippen molar-refractivity contribution in [3.8, 4) is 0 Å². The van der Waals surface area contributed by atoms with Crippen LogP contribution >= 0.6 is 0 Å². The smallest absolute Gasteiger partial charge is 0.243 e. The number of fused-ring (bicyclic) bond motifs is 2. The monoisotopic (exact) mass is 340 g/mol. The van der Waals surface area contributed by atoms with Gasteiger partial charge in [-0.2, -0.15) is 4.31 Å². The van der Waals surface area contributed by atoms with Crippen LogP contribution in [0.15, 0.2) is 29.2 Å². The Kier molecular flexibility index (Phi) is 4.42. The van der Waals surface area contributed by atoms with E-state index in [2.05, 4.69) is 5.32 Å². The van der Waals surface area contributed by atoms with E-state index in [0.717, 1.165) is 25.3 Å². The molecule has 1 N–H and O–H groups in total. The molecule has 1 aromatic rings. The minimum Gasteiger partial charge on any atom is -0.353 e. The predicted molar refractivity (Wildman–Crippen MR) is 83.7 cm³/mol. The lowest BCUT2D eigenvalue weighted by Crippen LogP contribution is -2.58. The predicted octanol–water partition coefficient (Wildman–Crippen LogP) is 2.04. The molecule has 5 nitrogen and oxygen atoms in total. The molecule has 1 aromatic carbocycles. The van der Waals surface area contributed by atoms with Crippen LogP contribution in [-0.4, -0.2) is 36.8 Å². The van der Waals surface area contributed by atoms with E-state index in [0.29, 0.717) is 12.8 Å². The second kappa shape index (κ2) is 6.20. The molecule has 2 saturated heterocycles. The highest BCUT2D eigenvalue weighted by Crippen LogP contribution is 2.38. The van der Waals surface area contributed by atoms with E-state index in [1.54, 1.807) is 4.31 Å². The van der Waals surface area contributed by atoms with E-state index < -0.39 is 15.8 Å².